The van der Waals surface area contributed by atoms with Crippen LogP contribution in [0.25, 0.3) is 0 Å². The fourth-order valence-corrected chi connectivity index (χ4v) is 2.15. The van der Waals surface area contributed by atoms with Crippen LogP contribution in [0.4, 0.5) is 11.4 Å². The van der Waals surface area contributed by atoms with Crippen LogP contribution < -0.4 is 10.3 Å². The number of benzene rings is 2. The third kappa shape index (κ3) is 3.95. The van der Waals surface area contributed by atoms with Gasteiger partial charge in [0.2, 0.25) is 0 Å². The van der Waals surface area contributed by atoms with Crippen molar-refractivity contribution in [3.05, 3.63) is 69.3 Å². The number of carbonyl (C=O) groups excluding carboxylic acids is 1. The van der Waals surface area contributed by atoms with Gasteiger partial charge in [-0.05, 0) is 30.7 Å². The lowest BCUT2D eigenvalue weighted by Crippen LogP contribution is -2.19. The van der Waals surface area contributed by atoms with Gasteiger partial charge in [-0.15, -0.1) is 0 Å². The van der Waals surface area contributed by atoms with Crippen molar-refractivity contribution in [3.8, 4) is 0 Å². The number of nitro benzene ring substituents is 1. The highest BCUT2D eigenvalue weighted by Crippen LogP contribution is 2.20. The van der Waals surface area contributed by atoms with Crippen molar-refractivity contribution in [1.29, 1.82) is 0 Å². The molecule has 0 radical (unpaired) electrons. The standard InChI is InChI=1S/C17H18N4O3/c1-12-15(5-4-6-16(12)21(23)24)17(22)19-18-11-13-7-9-14(10-8-13)20(2)3/h4-11H,1-3H3,(H,19,22)/b18-11-. The van der Waals surface area contributed by atoms with Crippen molar-refractivity contribution < 1.29 is 9.72 Å². The molecule has 0 aliphatic carbocycles. The summed E-state index contributed by atoms with van der Waals surface area (Å²) in [5, 5.41) is 14.8. The van der Waals surface area contributed by atoms with Crippen molar-refractivity contribution in [2.75, 3.05) is 19.0 Å². The van der Waals surface area contributed by atoms with Gasteiger partial charge in [-0.1, -0.05) is 18.2 Å². The van der Waals surface area contributed by atoms with Gasteiger partial charge in [0.05, 0.1) is 16.7 Å². The number of nitro groups is 1. The average Bonchev–Trinajstić information content (AvgIpc) is 2.55. The van der Waals surface area contributed by atoms with E-state index in [0.29, 0.717) is 5.56 Å². The molecule has 0 aromatic heterocycles. The van der Waals surface area contributed by atoms with Crippen LogP contribution in [-0.4, -0.2) is 31.1 Å². The fraction of sp³-hybridized carbons (Fsp3) is 0.176. The van der Waals surface area contributed by atoms with E-state index in [9.17, 15) is 14.9 Å². The van der Waals surface area contributed by atoms with Crippen molar-refractivity contribution in [2.24, 2.45) is 5.10 Å². The minimum absolute atomic E-state index is 0.0918. The smallest absolute Gasteiger partial charge is 0.273 e. The summed E-state index contributed by atoms with van der Waals surface area (Å²) in [6.07, 6.45) is 1.52. The predicted octanol–water partition coefficient (Wildman–Crippen LogP) is 2.73. The van der Waals surface area contributed by atoms with E-state index < -0.39 is 10.8 Å². The third-order valence-corrected chi connectivity index (χ3v) is 3.54. The lowest BCUT2D eigenvalue weighted by Gasteiger charge is -2.11. The second-order valence-electron chi connectivity index (χ2n) is 5.39. The monoisotopic (exact) mass is 326 g/mol. The molecule has 24 heavy (non-hydrogen) atoms. The highest BCUT2D eigenvalue weighted by molar-refractivity contribution is 5.97. The van der Waals surface area contributed by atoms with Crippen LogP contribution >= 0.6 is 0 Å². The lowest BCUT2D eigenvalue weighted by atomic mass is 10.1. The quantitative estimate of drug-likeness (QED) is 0.520. The van der Waals surface area contributed by atoms with Crippen LogP contribution in [0.2, 0.25) is 0 Å². The van der Waals surface area contributed by atoms with Gasteiger partial charge in [-0.2, -0.15) is 5.10 Å². The Morgan fingerprint density at radius 2 is 1.88 bits per heavy atom. The molecular formula is C17H18N4O3. The van der Waals surface area contributed by atoms with Crippen LogP contribution in [0.3, 0.4) is 0 Å². The van der Waals surface area contributed by atoms with Crippen molar-refractivity contribution in [3.63, 3.8) is 0 Å². The molecule has 0 atom stereocenters. The molecule has 1 N–H and O–H groups in total. The van der Waals surface area contributed by atoms with Crippen LogP contribution in [0.1, 0.15) is 21.5 Å². The summed E-state index contributed by atoms with van der Waals surface area (Å²) < 4.78 is 0. The molecule has 1 amide bonds. The maximum Gasteiger partial charge on any atom is 0.273 e. The van der Waals surface area contributed by atoms with E-state index in [1.54, 1.807) is 0 Å². The molecule has 0 unspecified atom stereocenters. The summed E-state index contributed by atoms with van der Waals surface area (Å²) in [6, 6.07) is 12.0. The number of amides is 1. The van der Waals surface area contributed by atoms with Crippen molar-refractivity contribution >= 4 is 23.5 Å². The van der Waals surface area contributed by atoms with Gasteiger partial charge in [0.1, 0.15) is 0 Å². The Bertz CT molecular complexity index is 783. The maximum absolute atomic E-state index is 12.1. The number of rotatable bonds is 5. The van der Waals surface area contributed by atoms with E-state index in [0.717, 1.165) is 11.3 Å². The SMILES string of the molecule is Cc1c(C(=O)N/N=C\c2ccc(N(C)C)cc2)cccc1[N+](=O)[O-]. The molecular weight excluding hydrogens is 308 g/mol. The molecule has 0 spiro atoms. The van der Waals surface area contributed by atoms with Gasteiger partial charge in [0.15, 0.2) is 0 Å². The van der Waals surface area contributed by atoms with E-state index in [2.05, 4.69) is 10.5 Å². The molecule has 0 bridgehead atoms. The second-order valence-corrected chi connectivity index (χ2v) is 5.39. The largest absolute Gasteiger partial charge is 0.378 e. The van der Waals surface area contributed by atoms with Gasteiger partial charge in [0, 0.05) is 31.4 Å². The van der Waals surface area contributed by atoms with Gasteiger partial charge >= 0.3 is 0 Å². The Balaban J connectivity index is 2.08. The minimum Gasteiger partial charge on any atom is -0.378 e. The second kappa shape index (κ2) is 7.36. The molecule has 0 aliphatic rings. The Morgan fingerprint density at radius 3 is 2.46 bits per heavy atom. The first-order valence-corrected chi connectivity index (χ1v) is 7.25. The first kappa shape index (κ1) is 17.1. The molecule has 2 aromatic carbocycles. The topological polar surface area (TPSA) is 87.8 Å². The first-order valence-electron chi connectivity index (χ1n) is 7.25. The van der Waals surface area contributed by atoms with Gasteiger partial charge < -0.3 is 4.90 Å². The molecule has 0 aliphatic heterocycles. The normalized spacial score (nSPS) is 10.6. The summed E-state index contributed by atoms with van der Waals surface area (Å²) in [4.78, 5) is 24.5. The number of hydrogen-bond donors (Lipinski definition) is 1. The summed E-state index contributed by atoms with van der Waals surface area (Å²) in [6.45, 7) is 1.54. The van der Waals surface area contributed by atoms with E-state index in [-0.39, 0.29) is 11.3 Å². The Kier molecular flexibility index (Phi) is 5.26. The molecule has 2 rings (SSSR count). The summed E-state index contributed by atoms with van der Waals surface area (Å²) >= 11 is 0. The molecule has 7 heteroatoms. The van der Waals surface area contributed by atoms with Gasteiger partial charge in [0.25, 0.3) is 11.6 Å². The Morgan fingerprint density at radius 1 is 1.21 bits per heavy atom. The molecule has 0 fully saturated rings. The highest BCUT2D eigenvalue weighted by atomic mass is 16.6. The minimum atomic E-state index is -0.512. The average molecular weight is 326 g/mol. The van der Waals surface area contributed by atoms with Crippen LogP contribution in [0.15, 0.2) is 47.6 Å². The summed E-state index contributed by atoms with van der Waals surface area (Å²) in [7, 11) is 3.90. The van der Waals surface area contributed by atoms with Crippen molar-refractivity contribution in [1.82, 2.24) is 5.43 Å². The summed E-state index contributed by atoms with van der Waals surface area (Å²) in [5.41, 5.74) is 4.72. The molecule has 0 saturated heterocycles. The molecule has 0 saturated carbocycles. The number of anilines is 1. The zero-order valence-electron chi connectivity index (χ0n) is 13.7. The number of nitrogens with zero attached hydrogens (tertiary/aromatic N) is 3. The predicted molar refractivity (Wildman–Crippen MR) is 93.7 cm³/mol. The van der Waals surface area contributed by atoms with E-state index in [1.165, 1.54) is 31.3 Å². The molecule has 2 aromatic rings. The van der Waals surface area contributed by atoms with Gasteiger partial charge in [-0.25, -0.2) is 5.43 Å². The zero-order valence-corrected chi connectivity index (χ0v) is 13.7. The summed E-state index contributed by atoms with van der Waals surface area (Å²) in [5.74, 6) is -0.489. The van der Waals surface area contributed by atoms with Crippen LogP contribution in [-0.2, 0) is 0 Å². The molecule has 124 valence electrons. The van der Waals surface area contributed by atoms with Crippen molar-refractivity contribution in [2.45, 2.75) is 6.92 Å². The Hall–Kier alpha value is -3.22. The maximum atomic E-state index is 12.1. The highest BCUT2D eigenvalue weighted by Gasteiger charge is 2.17. The molecule has 0 heterocycles. The van der Waals surface area contributed by atoms with E-state index in [1.807, 2.05) is 43.3 Å². The third-order valence-electron chi connectivity index (χ3n) is 3.54. The Labute approximate surface area is 139 Å². The van der Waals surface area contributed by atoms with Gasteiger partial charge in [-0.3, -0.25) is 14.9 Å². The molecule has 7 nitrogen and oxygen atoms in total. The number of nitrogens with one attached hydrogen (secondary N) is 1. The van der Waals surface area contributed by atoms with Crippen LogP contribution in [0.5, 0.6) is 0 Å². The number of hydrazone groups is 1. The number of carbonyl (C=O) groups is 1. The van der Waals surface area contributed by atoms with E-state index >= 15 is 0 Å². The van der Waals surface area contributed by atoms with E-state index in [4.69, 9.17) is 0 Å². The fourth-order valence-electron chi connectivity index (χ4n) is 2.15. The zero-order chi connectivity index (χ0) is 17.7. The first-order chi connectivity index (χ1) is 11.4. The van der Waals surface area contributed by atoms with Crippen LogP contribution in [0, 0.1) is 17.0 Å². The lowest BCUT2D eigenvalue weighted by molar-refractivity contribution is -0.385. The number of hydrogen-bond acceptors (Lipinski definition) is 5.